The summed E-state index contributed by atoms with van der Waals surface area (Å²) in [6.07, 6.45) is 0. The number of carbonyl (C=O) groups excluding carboxylic acids is 1. The van der Waals surface area contributed by atoms with E-state index in [2.05, 4.69) is 10.3 Å². The second-order valence-electron chi connectivity index (χ2n) is 4.95. The van der Waals surface area contributed by atoms with Crippen LogP contribution in [0.4, 0.5) is 13.2 Å². The first-order valence-electron chi connectivity index (χ1n) is 5.43. The Morgan fingerprint density at radius 1 is 1.15 bits per heavy atom. The average molecular weight is 291 g/mol. The smallest absolute Gasteiger partial charge is 0.360 e. The van der Waals surface area contributed by atoms with Gasteiger partial charge < -0.3 is 9.94 Å². The van der Waals surface area contributed by atoms with E-state index in [-0.39, 0.29) is 6.07 Å². The zero-order valence-corrected chi connectivity index (χ0v) is 10.9. The summed E-state index contributed by atoms with van der Waals surface area (Å²) in [4.78, 5) is 26.9. The van der Waals surface area contributed by atoms with E-state index in [0.29, 0.717) is 0 Å². The minimum absolute atomic E-state index is 0.0484. The van der Waals surface area contributed by atoms with E-state index >= 15 is 0 Å². The summed E-state index contributed by atoms with van der Waals surface area (Å²) in [5.41, 5.74) is -1.12. The molecule has 2 N–H and O–H groups in total. The van der Waals surface area contributed by atoms with Gasteiger partial charge in [-0.15, -0.1) is 5.48 Å². The van der Waals surface area contributed by atoms with Crippen LogP contribution in [-0.2, 0) is 4.84 Å². The maximum absolute atomic E-state index is 13.5. The fraction of sp³-hybridized carbons (Fsp3) is 0.333. The van der Waals surface area contributed by atoms with E-state index in [0.717, 1.165) is 0 Å². The lowest BCUT2D eigenvalue weighted by atomic mass is 10.1. The lowest BCUT2D eigenvalue weighted by molar-refractivity contribution is 0.00368. The van der Waals surface area contributed by atoms with Crippen molar-refractivity contribution in [3.05, 3.63) is 34.6 Å². The summed E-state index contributed by atoms with van der Waals surface area (Å²) >= 11 is 0. The van der Waals surface area contributed by atoms with Crippen molar-refractivity contribution in [1.29, 1.82) is 0 Å². The van der Waals surface area contributed by atoms with Crippen LogP contribution in [0.2, 0.25) is 0 Å². The van der Waals surface area contributed by atoms with Crippen LogP contribution in [0.5, 0.6) is 0 Å². The third-order valence-electron chi connectivity index (χ3n) is 2.04. The molecule has 0 bridgehead atoms. The fourth-order valence-corrected chi connectivity index (χ4v) is 1.25. The van der Waals surface area contributed by atoms with Gasteiger partial charge in [0, 0.05) is 11.6 Å². The van der Waals surface area contributed by atoms with Gasteiger partial charge in [-0.1, -0.05) is 0 Å². The standard InChI is InChI=1S/C12H12F3NO4/c1-12(2,3)16-20-11(19)8-7(10(17)18)5(13)4-6(14)9(8)15/h4,16H,1-3H3,(H,17,18). The Morgan fingerprint density at radius 2 is 1.70 bits per heavy atom. The maximum atomic E-state index is 13.5. The number of carboxylic acid groups (broad SMARTS) is 1. The van der Waals surface area contributed by atoms with Gasteiger partial charge in [0.2, 0.25) is 0 Å². The Hall–Kier alpha value is -2.09. The molecule has 0 amide bonds. The Balaban J connectivity index is 3.28. The number of carboxylic acids is 1. The average Bonchev–Trinajstić information content (AvgIpc) is 2.28. The minimum atomic E-state index is -1.91. The van der Waals surface area contributed by atoms with Crippen molar-refractivity contribution >= 4 is 11.9 Å². The number of hydrogen-bond donors (Lipinski definition) is 2. The van der Waals surface area contributed by atoms with Crippen LogP contribution < -0.4 is 5.48 Å². The molecule has 110 valence electrons. The highest BCUT2D eigenvalue weighted by Crippen LogP contribution is 2.21. The van der Waals surface area contributed by atoms with Crippen LogP contribution in [-0.4, -0.2) is 22.6 Å². The molecule has 0 fully saturated rings. The molecule has 0 spiro atoms. The van der Waals surface area contributed by atoms with Crippen molar-refractivity contribution in [2.45, 2.75) is 26.3 Å². The number of halogens is 3. The monoisotopic (exact) mass is 291 g/mol. The van der Waals surface area contributed by atoms with Gasteiger partial charge in [-0.3, -0.25) is 0 Å². The number of nitrogens with one attached hydrogen (secondary N) is 1. The SMILES string of the molecule is CC(C)(C)NOC(=O)c1c(F)c(F)cc(F)c1C(=O)O. The van der Waals surface area contributed by atoms with Gasteiger partial charge in [0.25, 0.3) is 0 Å². The zero-order chi connectivity index (χ0) is 15.7. The number of carbonyl (C=O) groups is 2. The first-order chi connectivity index (χ1) is 9.04. The quantitative estimate of drug-likeness (QED) is 0.660. The predicted molar refractivity (Wildman–Crippen MR) is 61.6 cm³/mol. The van der Waals surface area contributed by atoms with Gasteiger partial charge >= 0.3 is 11.9 Å². The van der Waals surface area contributed by atoms with Crippen molar-refractivity contribution in [2.24, 2.45) is 0 Å². The number of aromatic carboxylic acids is 1. The highest BCUT2D eigenvalue weighted by Gasteiger charge is 2.30. The van der Waals surface area contributed by atoms with E-state index < -0.39 is 46.1 Å². The molecule has 0 aromatic heterocycles. The van der Waals surface area contributed by atoms with Crippen LogP contribution in [0.3, 0.4) is 0 Å². The highest BCUT2D eigenvalue weighted by atomic mass is 19.2. The number of hydroxylamine groups is 1. The summed E-state index contributed by atoms with van der Waals surface area (Å²) in [5, 5.41) is 8.78. The largest absolute Gasteiger partial charge is 0.478 e. The van der Waals surface area contributed by atoms with E-state index in [1.54, 1.807) is 20.8 Å². The first-order valence-corrected chi connectivity index (χ1v) is 5.43. The van der Waals surface area contributed by atoms with Gasteiger partial charge in [0.15, 0.2) is 11.6 Å². The molecule has 0 aliphatic carbocycles. The van der Waals surface area contributed by atoms with Gasteiger partial charge in [0.1, 0.15) is 16.9 Å². The molecule has 5 nitrogen and oxygen atoms in total. The Kier molecular flexibility index (Phi) is 4.39. The third kappa shape index (κ3) is 3.47. The molecule has 0 heterocycles. The highest BCUT2D eigenvalue weighted by molar-refractivity contribution is 6.02. The van der Waals surface area contributed by atoms with E-state index in [1.807, 2.05) is 0 Å². The molecular weight excluding hydrogens is 279 g/mol. The Bertz CT molecular complexity index is 567. The summed E-state index contributed by atoms with van der Waals surface area (Å²) in [6.45, 7) is 4.79. The van der Waals surface area contributed by atoms with Crippen LogP contribution in [0, 0.1) is 17.5 Å². The fourth-order valence-electron chi connectivity index (χ4n) is 1.25. The van der Waals surface area contributed by atoms with Crippen molar-refractivity contribution < 1.29 is 32.7 Å². The minimum Gasteiger partial charge on any atom is -0.478 e. The zero-order valence-electron chi connectivity index (χ0n) is 10.9. The molecule has 0 aliphatic heterocycles. The normalized spacial score (nSPS) is 11.3. The molecule has 20 heavy (non-hydrogen) atoms. The molecule has 1 aromatic carbocycles. The van der Waals surface area contributed by atoms with Crippen LogP contribution in [0.1, 0.15) is 41.5 Å². The molecule has 1 rings (SSSR count). The van der Waals surface area contributed by atoms with Crippen LogP contribution in [0.15, 0.2) is 6.07 Å². The first kappa shape index (κ1) is 16.0. The van der Waals surface area contributed by atoms with Crippen LogP contribution >= 0.6 is 0 Å². The predicted octanol–water partition coefficient (Wildman–Crippen LogP) is 2.26. The van der Waals surface area contributed by atoms with E-state index in [1.165, 1.54) is 0 Å². The van der Waals surface area contributed by atoms with Crippen LogP contribution in [0.25, 0.3) is 0 Å². The van der Waals surface area contributed by atoms with Crippen molar-refractivity contribution in [3.63, 3.8) is 0 Å². The Labute approximate surface area is 112 Å². The molecule has 8 heteroatoms. The van der Waals surface area contributed by atoms with Gasteiger partial charge in [-0.05, 0) is 20.8 Å². The third-order valence-corrected chi connectivity index (χ3v) is 2.04. The van der Waals surface area contributed by atoms with Gasteiger partial charge in [-0.25, -0.2) is 22.8 Å². The molecule has 0 unspecified atom stereocenters. The van der Waals surface area contributed by atoms with Gasteiger partial charge in [-0.2, -0.15) is 0 Å². The molecule has 0 atom stereocenters. The summed E-state index contributed by atoms with van der Waals surface area (Å²) in [6, 6.07) is 0.0484. The molecule has 0 saturated heterocycles. The molecule has 0 saturated carbocycles. The van der Waals surface area contributed by atoms with E-state index in [9.17, 15) is 22.8 Å². The van der Waals surface area contributed by atoms with Crippen molar-refractivity contribution in [3.8, 4) is 0 Å². The van der Waals surface area contributed by atoms with Crippen molar-refractivity contribution in [1.82, 2.24) is 5.48 Å². The lowest BCUT2D eigenvalue weighted by Gasteiger charge is -2.19. The maximum Gasteiger partial charge on any atom is 0.360 e. The summed E-state index contributed by atoms with van der Waals surface area (Å²) < 4.78 is 40.0. The molecule has 0 aliphatic rings. The number of rotatable bonds is 3. The molecular formula is C12H12F3NO4. The number of benzene rings is 1. The Morgan fingerprint density at radius 3 is 2.15 bits per heavy atom. The lowest BCUT2D eigenvalue weighted by Crippen LogP contribution is -2.38. The second-order valence-corrected chi connectivity index (χ2v) is 4.95. The summed E-state index contributed by atoms with van der Waals surface area (Å²) in [5.74, 6) is -8.49. The topological polar surface area (TPSA) is 75.6 Å². The second kappa shape index (κ2) is 5.49. The van der Waals surface area contributed by atoms with E-state index in [4.69, 9.17) is 5.11 Å². The molecule has 1 aromatic rings. The van der Waals surface area contributed by atoms with Crippen molar-refractivity contribution in [2.75, 3.05) is 0 Å². The van der Waals surface area contributed by atoms with Gasteiger partial charge in [0.05, 0.1) is 0 Å². The summed E-state index contributed by atoms with van der Waals surface area (Å²) in [7, 11) is 0. The number of hydrogen-bond acceptors (Lipinski definition) is 4. The molecule has 0 radical (unpaired) electrons.